The fourth-order valence-corrected chi connectivity index (χ4v) is 1.67. The maximum Gasteiger partial charge on any atom is 0.313 e. The third-order valence-electron chi connectivity index (χ3n) is 2.51. The first kappa shape index (κ1) is 10.5. The van der Waals surface area contributed by atoms with Gasteiger partial charge in [0.25, 0.3) is 0 Å². The zero-order chi connectivity index (χ0) is 11.7. The van der Waals surface area contributed by atoms with Crippen LogP contribution in [0.4, 0.5) is 0 Å². The van der Waals surface area contributed by atoms with E-state index in [9.17, 15) is 9.90 Å². The number of hydrogen-bond acceptors (Lipinski definition) is 3. The summed E-state index contributed by atoms with van der Waals surface area (Å²) in [5.74, 6) is -0.408. The molecular formula is C11H12N2O3. The van der Waals surface area contributed by atoms with Crippen LogP contribution in [0.1, 0.15) is 5.69 Å². The van der Waals surface area contributed by atoms with Gasteiger partial charge in [0.05, 0.1) is 12.3 Å². The van der Waals surface area contributed by atoms with Gasteiger partial charge in [0.1, 0.15) is 5.69 Å². The second-order valence-electron chi connectivity index (χ2n) is 3.43. The maximum atomic E-state index is 11.8. The van der Waals surface area contributed by atoms with Crippen LogP contribution >= 0.6 is 0 Å². The molecule has 0 aliphatic carbocycles. The molecule has 16 heavy (non-hydrogen) atoms. The lowest BCUT2D eigenvalue weighted by atomic mass is 10.3. The molecule has 0 bridgehead atoms. The van der Waals surface area contributed by atoms with Gasteiger partial charge in [-0.25, -0.2) is 4.68 Å². The van der Waals surface area contributed by atoms with Crippen molar-refractivity contribution in [1.29, 1.82) is 0 Å². The Morgan fingerprint density at radius 2 is 1.88 bits per heavy atom. The lowest BCUT2D eigenvalue weighted by Gasteiger charge is -2.07. The molecule has 0 saturated heterocycles. The van der Waals surface area contributed by atoms with Crippen LogP contribution in [-0.4, -0.2) is 19.6 Å². The highest BCUT2D eigenvalue weighted by molar-refractivity contribution is 5.35. The van der Waals surface area contributed by atoms with Crippen molar-refractivity contribution >= 4 is 0 Å². The second kappa shape index (κ2) is 3.86. The quantitative estimate of drug-likeness (QED) is 0.768. The average molecular weight is 220 g/mol. The number of benzene rings is 1. The van der Waals surface area contributed by atoms with Gasteiger partial charge in [-0.15, -0.1) is 0 Å². The summed E-state index contributed by atoms with van der Waals surface area (Å²) in [5, 5.41) is 18.6. The molecule has 0 unspecified atom stereocenters. The fourth-order valence-electron chi connectivity index (χ4n) is 1.67. The summed E-state index contributed by atoms with van der Waals surface area (Å²) in [5.41, 5.74) is 0.316. The topological polar surface area (TPSA) is 67.4 Å². The van der Waals surface area contributed by atoms with E-state index in [0.717, 1.165) is 0 Å². The molecular weight excluding hydrogens is 208 g/mol. The van der Waals surface area contributed by atoms with Crippen LogP contribution in [0, 0.1) is 0 Å². The molecule has 1 aromatic heterocycles. The van der Waals surface area contributed by atoms with Gasteiger partial charge in [-0.2, -0.15) is 0 Å². The molecule has 0 radical (unpaired) electrons. The molecule has 2 rings (SSSR count). The zero-order valence-electron chi connectivity index (χ0n) is 8.79. The Hall–Kier alpha value is -2.01. The van der Waals surface area contributed by atoms with E-state index >= 15 is 0 Å². The number of nitrogens with zero attached hydrogens (tertiary/aromatic N) is 2. The summed E-state index contributed by atoms with van der Waals surface area (Å²) in [6.07, 6.45) is 0. The van der Waals surface area contributed by atoms with Crippen molar-refractivity contribution in [3.05, 3.63) is 46.4 Å². The minimum absolute atomic E-state index is 0.203. The first-order valence-corrected chi connectivity index (χ1v) is 4.83. The minimum Gasteiger partial charge on any atom is -0.502 e. The predicted octanol–water partition coefficient (Wildman–Crippen LogP) is 0.374. The van der Waals surface area contributed by atoms with Crippen LogP contribution in [-0.2, 0) is 13.7 Å². The van der Waals surface area contributed by atoms with E-state index in [0.29, 0.717) is 5.69 Å². The van der Waals surface area contributed by atoms with Crippen LogP contribution in [0.15, 0.2) is 35.1 Å². The molecule has 0 amide bonds. The molecule has 2 N–H and O–H groups in total. The van der Waals surface area contributed by atoms with Gasteiger partial charge in [0.15, 0.2) is 0 Å². The van der Waals surface area contributed by atoms with Crippen LogP contribution in [0.25, 0.3) is 5.69 Å². The first-order valence-electron chi connectivity index (χ1n) is 4.83. The lowest BCUT2D eigenvalue weighted by Crippen LogP contribution is -2.19. The van der Waals surface area contributed by atoms with Gasteiger partial charge in [-0.1, -0.05) is 18.2 Å². The Kier molecular flexibility index (Phi) is 2.54. The molecule has 0 aliphatic heterocycles. The van der Waals surface area contributed by atoms with E-state index in [2.05, 4.69) is 0 Å². The molecule has 0 atom stereocenters. The van der Waals surface area contributed by atoms with Crippen LogP contribution < -0.4 is 5.56 Å². The molecule has 0 saturated carbocycles. The van der Waals surface area contributed by atoms with Crippen LogP contribution in [0.3, 0.4) is 0 Å². The number of para-hydroxylation sites is 1. The summed E-state index contributed by atoms with van der Waals surface area (Å²) in [6, 6.07) is 8.93. The average Bonchev–Trinajstić information content (AvgIpc) is 2.51. The third-order valence-corrected chi connectivity index (χ3v) is 2.51. The smallest absolute Gasteiger partial charge is 0.313 e. The highest BCUT2D eigenvalue weighted by atomic mass is 16.3. The number of hydrogen-bond donors (Lipinski definition) is 2. The molecule has 0 spiro atoms. The van der Waals surface area contributed by atoms with Gasteiger partial charge in [0, 0.05) is 7.05 Å². The van der Waals surface area contributed by atoms with Crippen LogP contribution in [0.2, 0.25) is 0 Å². The summed E-state index contributed by atoms with van der Waals surface area (Å²) >= 11 is 0. The van der Waals surface area contributed by atoms with E-state index in [4.69, 9.17) is 5.11 Å². The van der Waals surface area contributed by atoms with Crippen LogP contribution in [0.5, 0.6) is 5.75 Å². The summed E-state index contributed by atoms with van der Waals surface area (Å²) in [6.45, 7) is -0.378. The SMILES string of the molecule is Cn1c(CO)c(O)c(=O)n1-c1ccccc1. The van der Waals surface area contributed by atoms with Crippen molar-refractivity contribution in [1.82, 2.24) is 9.36 Å². The molecule has 5 heteroatoms. The number of rotatable bonds is 2. The van der Waals surface area contributed by atoms with Crippen molar-refractivity contribution in [2.75, 3.05) is 0 Å². The van der Waals surface area contributed by atoms with Crippen molar-refractivity contribution in [3.63, 3.8) is 0 Å². The van der Waals surface area contributed by atoms with Gasteiger partial charge in [0.2, 0.25) is 5.75 Å². The van der Waals surface area contributed by atoms with Gasteiger partial charge >= 0.3 is 5.56 Å². The summed E-state index contributed by atoms with van der Waals surface area (Å²) in [7, 11) is 1.61. The molecule has 2 aromatic rings. The highest BCUT2D eigenvalue weighted by Crippen LogP contribution is 2.14. The Labute approximate surface area is 91.8 Å². The van der Waals surface area contributed by atoms with Gasteiger partial charge in [-0.05, 0) is 12.1 Å². The standard InChI is InChI=1S/C11H12N2O3/c1-12-9(7-14)10(15)11(16)13(12)8-5-3-2-4-6-8/h2-6,14-15H,7H2,1H3. The van der Waals surface area contributed by atoms with E-state index in [1.807, 2.05) is 6.07 Å². The largest absolute Gasteiger partial charge is 0.502 e. The van der Waals surface area contributed by atoms with Gasteiger partial charge < -0.3 is 10.2 Å². The molecule has 1 aromatic carbocycles. The second-order valence-corrected chi connectivity index (χ2v) is 3.43. The van der Waals surface area contributed by atoms with E-state index in [-0.39, 0.29) is 12.3 Å². The van der Waals surface area contributed by atoms with E-state index in [1.165, 1.54) is 9.36 Å². The molecule has 0 aliphatic rings. The zero-order valence-corrected chi connectivity index (χ0v) is 8.79. The number of aliphatic hydroxyl groups excluding tert-OH is 1. The summed E-state index contributed by atoms with van der Waals surface area (Å²) < 4.78 is 2.74. The van der Waals surface area contributed by atoms with Crippen molar-refractivity contribution in [2.24, 2.45) is 7.05 Å². The Balaban J connectivity index is 2.72. The number of aromatic nitrogens is 2. The summed E-state index contributed by atoms with van der Waals surface area (Å²) in [4.78, 5) is 11.8. The lowest BCUT2D eigenvalue weighted by molar-refractivity contribution is 0.263. The van der Waals surface area contributed by atoms with E-state index < -0.39 is 11.3 Å². The maximum absolute atomic E-state index is 11.8. The predicted molar refractivity (Wildman–Crippen MR) is 58.6 cm³/mol. The monoisotopic (exact) mass is 220 g/mol. The molecule has 5 nitrogen and oxygen atoms in total. The van der Waals surface area contributed by atoms with Crippen molar-refractivity contribution in [2.45, 2.75) is 6.61 Å². The molecule has 84 valence electrons. The minimum atomic E-state index is -0.530. The molecule has 0 fully saturated rings. The fraction of sp³-hybridized carbons (Fsp3) is 0.182. The Morgan fingerprint density at radius 1 is 1.25 bits per heavy atom. The van der Waals surface area contributed by atoms with Crippen molar-refractivity contribution in [3.8, 4) is 11.4 Å². The highest BCUT2D eigenvalue weighted by Gasteiger charge is 2.16. The van der Waals surface area contributed by atoms with Gasteiger partial charge in [-0.3, -0.25) is 9.48 Å². The third kappa shape index (κ3) is 1.42. The Bertz CT molecular complexity index is 555. The van der Waals surface area contributed by atoms with E-state index in [1.54, 1.807) is 31.3 Å². The Morgan fingerprint density at radius 3 is 2.38 bits per heavy atom. The molecule has 1 heterocycles. The number of aromatic hydroxyl groups is 1. The first-order chi connectivity index (χ1) is 7.66. The normalized spacial score (nSPS) is 10.6. The number of aliphatic hydroxyl groups is 1. The van der Waals surface area contributed by atoms with Crippen molar-refractivity contribution < 1.29 is 10.2 Å².